The molecule has 3 saturated heterocycles. The summed E-state index contributed by atoms with van der Waals surface area (Å²) >= 11 is 0. The summed E-state index contributed by atoms with van der Waals surface area (Å²) < 4.78 is 13.7. The molecule has 2 aromatic heterocycles. The Hall–Kier alpha value is -4.35. The van der Waals surface area contributed by atoms with Crippen LogP contribution in [0.5, 0.6) is 5.75 Å². The number of amides is 1. The van der Waals surface area contributed by atoms with Crippen LogP contribution in [0.3, 0.4) is 0 Å². The average Bonchev–Trinajstić information content (AvgIpc) is 3.82. The lowest BCUT2D eigenvalue weighted by Crippen LogP contribution is -2.64. The minimum absolute atomic E-state index is 0.185. The fourth-order valence-corrected chi connectivity index (χ4v) is 7.47. The predicted molar refractivity (Wildman–Crippen MR) is 193 cm³/mol. The highest BCUT2D eigenvalue weighted by Gasteiger charge is 2.37. The van der Waals surface area contributed by atoms with Crippen LogP contribution in [0, 0.1) is 5.92 Å². The van der Waals surface area contributed by atoms with E-state index >= 15 is 0 Å². The Bertz CT molecular complexity index is 1810. The van der Waals surface area contributed by atoms with Crippen LogP contribution in [0.2, 0.25) is 0 Å². The number of nitrogens with one attached hydrogen (secondary N) is 1. The first kappa shape index (κ1) is 31.9. The van der Waals surface area contributed by atoms with E-state index in [0.29, 0.717) is 23.9 Å². The zero-order valence-corrected chi connectivity index (χ0v) is 29.1. The molecule has 4 aromatic rings. The average molecular weight is 665 g/mol. The molecule has 258 valence electrons. The Kier molecular flexibility index (Phi) is 8.35. The van der Waals surface area contributed by atoms with Crippen molar-refractivity contribution in [3.8, 4) is 17.0 Å². The Morgan fingerprint density at radius 1 is 0.959 bits per heavy atom. The van der Waals surface area contributed by atoms with Crippen molar-refractivity contribution in [3.63, 3.8) is 0 Å². The molecule has 0 unspecified atom stereocenters. The van der Waals surface area contributed by atoms with Crippen molar-refractivity contribution >= 4 is 34.3 Å². The number of piperazine rings is 1. The fourth-order valence-electron chi connectivity index (χ4n) is 7.47. The van der Waals surface area contributed by atoms with Gasteiger partial charge in [0.1, 0.15) is 11.4 Å². The van der Waals surface area contributed by atoms with Gasteiger partial charge in [-0.15, -0.1) is 0 Å². The number of hydrogen-bond donors (Lipinski definition) is 1. The molecule has 1 saturated carbocycles. The molecule has 0 bridgehead atoms. The quantitative estimate of drug-likeness (QED) is 0.236. The number of benzene rings is 2. The van der Waals surface area contributed by atoms with Crippen LogP contribution < -0.4 is 15.0 Å². The fraction of sp³-hybridized carbons (Fsp3) is 0.500. The molecule has 11 nitrogen and oxygen atoms in total. The zero-order valence-electron chi connectivity index (χ0n) is 29.1. The van der Waals surface area contributed by atoms with Gasteiger partial charge in [0, 0.05) is 118 Å². The van der Waals surface area contributed by atoms with Gasteiger partial charge in [0.15, 0.2) is 0 Å². The molecule has 1 aliphatic carbocycles. The van der Waals surface area contributed by atoms with Gasteiger partial charge in [-0.25, -0.2) is 14.8 Å². The summed E-state index contributed by atoms with van der Waals surface area (Å²) in [5.41, 5.74) is 4.87. The number of methoxy groups -OCH3 is 1. The molecule has 4 aliphatic rings. The monoisotopic (exact) mass is 664 g/mol. The van der Waals surface area contributed by atoms with Gasteiger partial charge in [-0.3, -0.25) is 4.90 Å². The highest BCUT2D eigenvalue weighted by atomic mass is 16.6. The van der Waals surface area contributed by atoms with Crippen molar-refractivity contribution in [3.05, 3.63) is 60.9 Å². The standard InChI is InChI=1S/C38H48N8O3/c1-38(2,3)49-37(47)45-21-26(22-45)20-42-15-17-43(18-16-42)29-23-44(24-29)28-11-12-33(35(19-28)48-4)41-36-39-14-13-32(40-36)31-25-46(27-9-10-27)34-8-6-5-7-30(31)34/h5-8,11-14,19,25-27,29H,9-10,15-18,20-24H2,1-4H3,(H,39,40,41). The lowest BCUT2D eigenvalue weighted by Gasteiger charge is -2.50. The smallest absolute Gasteiger partial charge is 0.410 e. The Morgan fingerprint density at radius 3 is 2.47 bits per heavy atom. The second-order valence-corrected chi connectivity index (χ2v) is 15.1. The molecule has 0 radical (unpaired) electrons. The second kappa shape index (κ2) is 12.8. The molecule has 49 heavy (non-hydrogen) atoms. The van der Waals surface area contributed by atoms with Gasteiger partial charge >= 0.3 is 6.09 Å². The van der Waals surface area contributed by atoms with Crippen LogP contribution in [0.1, 0.15) is 39.7 Å². The van der Waals surface area contributed by atoms with Crippen molar-refractivity contribution in [2.75, 3.05) is 76.2 Å². The normalized spacial score (nSPS) is 19.5. The number of rotatable bonds is 9. The third-order valence-corrected chi connectivity index (χ3v) is 10.3. The van der Waals surface area contributed by atoms with Crippen molar-refractivity contribution in [2.45, 2.75) is 51.3 Å². The van der Waals surface area contributed by atoms with Crippen LogP contribution in [0.15, 0.2) is 60.9 Å². The van der Waals surface area contributed by atoms with E-state index in [2.05, 4.69) is 78.2 Å². The number of carbonyl (C=O) groups excluding carboxylic acids is 1. The first-order chi connectivity index (χ1) is 23.7. The topological polar surface area (TPSA) is 91.2 Å². The van der Waals surface area contributed by atoms with Gasteiger partial charge in [-0.05, 0) is 57.9 Å². The van der Waals surface area contributed by atoms with E-state index in [1.807, 2.05) is 37.9 Å². The van der Waals surface area contributed by atoms with Crippen LogP contribution >= 0.6 is 0 Å². The molecule has 1 N–H and O–H groups in total. The molecular weight excluding hydrogens is 616 g/mol. The molecule has 0 spiro atoms. The van der Waals surface area contributed by atoms with E-state index in [1.54, 1.807) is 7.11 Å². The van der Waals surface area contributed by atoms with Gasteiger partial charge in [0.2, 0.25) is 5.95 Å². The number of likely N-dealkylation sites (tertiary alicyclic amines) is 1. The lowest BCUT2D eigenvalue weighted by atomic mass is 9.99. The van der Waals surface area contributed by atoms with Gasteiger partial charge in [0.05, 0.1) is 18.5 Å². The number of para-hydroxylation sites is 1. The lowest BCUT2D eigenvalue weighted by molar-refractivity contribution is -0.0107. The molecule has 8 rings (SSSR count). The van der Waals surface area contributed by atoms with Gasteiger partial charge in [0.25, 0.3) is 0 Å². The summed E-state index contributed by atoms with van der Waals surface area (Å²) in [4.78, 5) is 31.2. The molecule has 0 atom stereocenters. The van der Waals surface area contributed by atoms with E-state index in [1.165, 1.54) is 29.4 Å². The van der Waals surface area contributed by atoms with Crippen LogP contribution in [-0.4, -0.2) is 113 Å². The summed E-state index contributed by atoms with van der Waals surface area (Å²) in [6, 6.07) is 18.1. The number of aromatic nitrogens is 3. The van der Waals surface area contributed by atoms with Crippen LogP contribution in [0.4, 0.5) is 22.1 Å². The van der Waals surface area contributed by atoms with Crippen molar-refractivity contribution in [1.82, 2.24) is 29.2 Å². The third kappa shape index (κ3) is 6.78. The highest BCUT2D eigenvalue weighted by Crippen LogP contribution is 2.41. The van der Waals surface area contributed by atoms with E-state index in [-0.39, 0.29) is 6.09 Å². The molecule has 11 heteroatoms. The number of ether oxygens (including phenoxy) is 2. The first-order valence-electron chi connectivity index (χ1n) is 17.8. The summed E-state index contributed by atoms with van der Waals surface area (Å²) in [6.45, 7) is 14.8. The number of carbonyl (C=O) groups is 1. The number of fused-ring (bicyclic) bond motifs is 1. The maximum Gasteiger partial charge on any atom is 0.410 e. The van der Waals surface area contributed by atoms with E-state index in [0.717, 1.165) is 81.6 Å². The first-order valence-corrected chi connectivity index (χ1v) is 17.8. The van der Waals surface area contributed by atoms with Crippen LogP contribution in [-0.2, 0) is 4.74 Å². The molecule has 3 aliphatic heterocycles. The molecular formula is C38H48N8O3. The molecule has 5 heterocycles. The van der Waals surface area contributed by atoms with Gasteiger partial charge < -0.3 is 34.1 Å². The van der Waals surface area contributed by atoms with Crippen molar-refractivity contribution in [2.24, 2.45) is 5.92 Å². The highest BCUT2D eigenvalue weighted by molar-refractivity contribution is 5.95. The predicted octanol–water partition coefficient (Wildman–Crippen LogP) is 5.86. The Morgan fingerprint density at radius 2 is 1.73 bits per heavy atom. The van der Waals surface area contributed by atoms with E-state index in [4.69, 9.17) is 14.5 Å². The Labute approximate surface area is 288 Å². The second-order valence-electron chi connectivity index (χ2n) is 15.1. The third-order valence-electron chi connectivity index (χ3n) is 10.3. The van der Waals surface area contributed by atoms with Gasteiger partial charge in [-0.1, -0.05) is 18.2 Å². The van der Waals surface area contributed by atoms with E-state index < -0.39 is 5.60 Å². The number of hydrogen-bond acceptors (Lipinski definition) is 9. The summed E-state index contributed by atoms with van der Waals surface area (Å²) in [6.07, 6.45) is 6.36. The number of anilines is 3. The number of nitrogens with zero attached hydrogens (tertiary/aromatic N) is 7. The van der Waals surface area contributed by atoms with Crippen molar-refractivity contribution in [1.29, 1.82) is 0 Å². The van der Waals surface area contributed by atoms with Crippen molar-refractivity contribution < 1.29 is 14.3 Å². The van der Waals surface area contributed by atoms with Crippen LogP contribution in [0.25, 0.3) is 22.2 Å². The largest absolute Gasteiger partial charge is 0.494 e. The molecule has 1 amide bonds. The van der Waals surface area contributed by atoms with E-state index in [9.17, 15) is 4.79 Å². The summed E-state index contributed by atoms with van der Waals surface area (Å²) in [5, 5.41) is 4.64. The van der Waals surface area contributed by atoms with Gasteiger partial charge in [-0.2, -0.15) is 0 Å². The Balaban J connectivity index is 0.835. The summed E-state index contributed by atoms with van der Waals surface area (Å²) in [7, 11) is 1.71. The zero-order chi connectivity index (χ0) is 33.7. The maximum absolute atomic E-state index is 12.3. The molecule has 4 fully saturated rings. The maximum atomic E-state index is 12.3. The molecule has 2 aromatic carbocycles. The SMILES string of the molecule is COc1cc(N2CC(N3CCN(CC4CN(C(=O)OC(C)(C)C)C4)CC3)C2)ccc1Nc1nccc(-c2cn(C3CC3)c3ccccc23)n1. The minimum Gasteiger partial charge on any atom is -0.494 e. The summed E-state index contributed by atoms with van der Waals surface area (Å²) in [5.74, 6) is 1.86. The minimum atomic E-state index is -0.440.